The number of thioether (sulfide) groups is 1. The van der Waals surface area contributed by atoms with E-state index in [0.29, 0.717) is 24.4 Å². The van der Waals surface area contributed by atoms with E-state index in [1.54, 1.807) is 12.1 Å². The number of carboxylic acid groups (broad SMARTS) is 2. The molecule has 2 rings (SSSR count). The Kier molecular flexibility index (Phi) is 8.75. The lowest BCUT2D eigenvalue weighted by atomic mass is 10.1. The number of fused-ring (bicyclic) bond motifs is 1. The van der Waals surface area contributed by atoms with Crippen LogP contribution in [0.3, 0.4) is 0 Å². The van der Waals surface area contributed by atoms with Gasteiger partial charge >= 0.3 is 11.9 Å². The highest BCUT2D eigenvalue weighted by Gasteiger charge is 2.34. The van der Waals surface area contributed by atoms with Gasteiger partial charge in [-0.2, -0.15) is 0 Å². The van der Waals surface area contributed by atoms with Gasteiger partial charge in [-0.1, -0.05) is 31.4 Å². The lowest BCUT2D eigenvalue weighted by Crippen LogP contribution is -2.53. The van der Waals surface area contributed by atoms with Crippen molar-refractivity contribution in [1.29, 1.82) is 0 Å². The van der Waals surface area contributed by atoms with E-state index in [4.69, 9.17) is 5.73 Å². The highest BCUT2D eigenvalue weighted by Crippen LogP contribution is 2.34. The minimum absolute atomic E-state index is 0.336. The van der Waals surface area contributed by atoms with Crippen LogP contribution in [0.1, 0.15) is 32.1 Å². The second kappa shape index (κ2) is 11.0. The van der Waals surface area contributed by atoms with Crippen LogP contribution in [-0.4, -0.2) is 59.0 Å². The fourth-order valence-corrected chi connectivity index (χ4v) is 4.22. The molecule has 0 spiro atoms. The number of hydrogen-bond acceptors (Lipinski definition) is 6. The third-order valence-corrected chi connectivity index (χ3v) is 5.72. The van der Waals surface area contributed by atoms with Crippen LogP contribution < -0.4 is 16.0 Å². The summed E-state index contributed by atoms with van der Waals surface area (Å²) in [6.07, 6.45) is 3.86. The van der Waals surface area contributed by atoms with Gasteiger partial charge in [-0.3, -0.25) is 24.6 Å². The summed E-state index contributed by atoms with van der Waals surface area (Å²) in [5.41, 5.74) is 6.00. The Balaban J connectivity index is 2.10. The molecule has 2 atom stereocenters. The van der Waals surface area contributed by atoms with E-state index < -0.39 is 36.5 Å². The minimum atomic E-state index is -1.12. The molecule has 1 amide bonds. The summed E-state index contributed by atoms with van der Waals surface area (Å²) >= 11 is 1.42. The number of carbonyl (C=O) groups is 3. The molecule has 0 saturated carbocycles. The number of nitrogens with zero attached hydrogens (tertiary/aromatic N) is 1. The van der Waals surface area contributed by atoms with Gasteiger partial charge in [0.15, 0.2) is 0 Å². The van der Waals surface area contributed by atoms with E-state index >= 15 is 0 Å². The molecule has 154 valence electrons. The Morgan fingerprint density at radius 1 is 1.21 bits per heavy atom. The fourth-order valence-electron chi connectivity index (χ4n) is 3.14. The number of aliphatic carboxylic acids is 2. The lowest BCUT2D eigenvalue weighted by molar-refractivity contribution is -0.140. The molecule has 0 fully saturated rings. The van der Waals surface area contributed by atoms with E-state index in [0.717, 1.165) is 30.6 Å². The van der Waals surface area contributed by atoms with E-state index in [1.807, 2.05) is 12.1 Å². The van der Waals surface area contributed by atoms with Gasteiger partial charge in [0.1, 0.15) is 12.6 Å². The SMILES string of the molecule is NCCCCCC[C@@H](NC1CSc2ccccc2N(CC(=O)O)C1=O)C(=O)O. The highest BCUT2D eigenvalue weighted by molar-refractivity contribution is 7.99. The summed E-state index contributed by atoms with van der Waals surface area (Å²) in [5, 5.41) is 21.7. The molecular formula is C19H27N3O5S. The Labute approximate surface area is 168 Å². The summed E-state index contributed by atoms with van der Waals surface area (Å²) in [6, 6.07) is 5.47. The second-order valence-electron chi connectivity index (χ2n) is 6.70. The number of carbonyl (C=O) groups excluding carboxylic acids is 1. The predicted molar refractivity (Wildman–Crippen MR) is 108 cm³/mol. The monoisotopic (exact) mass is 409 g/mol. The molecule has 28 heavy (non-hydrogen) atoms. The number of nitrogens with two attached hydrogens (primary N) is 1. The van der Waals surface area contributed by atoms with Crippen molar-refractivity contribution in [2.75, 3.05) is 23.7 Å². The van der Waals surface area contributed by atoms with Crippen molar-refractivity contribution in [1.82, 2.24) is 5.32 Å². The molecule has 9 heteroatoms. The Hall–Kier alpha value is -2.10. The molecule has 8 nitrogen and oxygen atoms in total. The molecule has 1 aliphatic heterocycles. The minimum Gasteiger partial charge on any atom is -0.480 e. The number of carboxylic acids is 2. The Morgan fingerprint density at radius 2 is 1.93 bits per heavy atom. The summed E-state index contributed by atoms with van der Waals surface area (Å²) in [5.74, 6) is -2.22. The number of rotatable bonds is 11. The van der Waals surface area contributed by atoms with Gasteiger partial charge in [0.2, 0.25) is 5.91 Å². The van der Waals surface area contributed by atoms with Crippen molar-refractivity contribution >= 4 is 35.3 Å². The van der Waals surface area contributed by atoms with Crippen LogP contribution in [0, 0.1) is 0 Å². The maximum absolute atomic E-state index is 13.0. The molecule has 0 aromatic heterocycles. The standard InChI is InChI=1S/C19H27N3O5S/c20-10-6-2-1-3-7-13(19(26)27)21-14-12-28-16-9-5-4-8-15(16)22(18(14)25)11-17(23)24/h4-5,8-9,13-14,21H,1-3,6-7,10-12,20H2,(H,23,24)(H,26,27)/t13-,14?/m1/s1. The van der Waals surface area contributed by atoms with Gasteiger partial charge in [0.05, 0.1) is 11.7 Å². The average molecular weight is 410 g/mol. The summed E-state index contributed by atoms with van der Waals surface area (Å²) in [4.78, 5) is 37.9. The molecule has 1 aromatic carbocycles. The molecule has 0 saturated heterocycles. The van der Waals surface area contributed by atoms with Crippen molar-refractivity contribution < 1.29 is 24.6 Å². The van der Waals surface area contributed by atoms with Gasteiger partial charge in [-0.05, 0) is 31.5 Å². The number of benzene rings is 1. The molecule has 0 aliphatic carbocycles. The summed E-state index contributed by atoms with van der Waals surface area (Å²) in [6.45, 7) is 0.153. The zero-order chi connectivity index (χ0) is 20.5. The van der Waals surface area contributed by atoms with Crippen molar-refractivity contribution in [3.8, 4) is 0 Å². The molecule has 1 aliphatic rings. The normalized spacial score (nSPS) is 17.7. The molecule has 0 radical (unpaired) electrons. The van der Waals surface area contributed by atoms with Crippen LogP contribution in [0.5, 0.6) is 0 Å². The third-order valence-electron chi connectivity index (χ3n) is 4.57. The quantitative estimate of drug-likeness (QED) is 0.405. The number of nitrogens with one attached hydrogen (secondary N) is 1. The van der Waals surface area contributed by atoms with Crippen LogP contribution in [0.25, 0.3) is 0 Å². The number of hydrogen-bond donors (Lipinski definition) is 4. The first kappa shape index (κ1) is 22.2. The van der Waals surface area contributed by atoms with Gasteiger partial charge < -0.3 is 15.9 Å². The summed E-state index contributed by atoms with van der Waals surface area (Å²) in [7, 11) is 0. The largest absolute Gasteiger partial charge is 0.480 e. The molecular weight excluding hydrogens is 382 g/mol. The first-order valence-corrected chi connectivity index (χ1v) is 10.4. The number of unbranched alkanes of at least 4 members (excludes halogenated alkanes) is 3. The van der Waals surface area contributed by atoms with Gasteiger partial charge in [0.25, 0.3) is 0 Å². The van der Waals surface area contributed by atoms with Crippen LogP contribution in [-0.2, 0) is 14.4 Å². The predicted octanol–water partition coefficient (Wildman–Crippen LogP) is 1.53. The van der Waals surface area contributed by atoms with Crippen molar-refractivity contribution in [2.24, 2.45) is 5.73 Å². The van der Waals surface area contributed by atoms with E-state index in [2.05, 4.69) is 5.32 Å². The van der Waals surface area contributed by atoms with E-state index in [-0.39, 0.29) is 0 Å². The molecule has 1 unspecified atom stereocenters. The molecule has 1 aromatic rings. The lowest BCUT2D eigenvalue weighted by Gasteiger charge is -2.26. The summed E-state index contributed by atoms with van der Waals surface area (Å²) < 4.78 is 0. The van der Waals surface area contributed by atoms with Crippen LogP contribution in [0.2, 0.25) is 0 Å². The van der Waals surface area contributed by atoms with Crippen molar-refractivity contribution in [3.05, 3.63) is 24.3 Å². The number of para-hydroxylation sites is 1. The average Bonchev–Trinajstić information content (AvgIpc) is 2.78. The second-order valence-corrected chi connectivity index (χ2v) is 7.76. The number of anilines is 1. The number of amides is 1. The maximum atomic E-state index is 13.0. The van der Waals surface area contributed by atoms with E-state index in [1.165, 1.54) is 16.7 Å². The third kappa shape index (κ3) is 6.22. The molecule has 0 bridgehead atoms. The van der Waals surface area contributed by atoms with Crippen molar-refractivity contribution in [2.45, 2.75) is 49.1 Å². The highest BCUT2D eigenvalue weighted by atomic mass is 32.2. The van der Waals surface area contributed by atoms with Crippen molar-refractivity contribution in [3.63, 3.8) is 0 Å². The topological polar surface area (TPSA) is 133 Å². The zero-order valence-electron chi connectivity index (χ0n) is 15.7. The Morgan fingerprint density at radius 3 is 2.61 bits per heavy atom. The molecule has 5 N–H and O–H groups in total. The maximum Gasteiger partial charge on any atom is 0.323 e. The van der Waals surface area contributed by atoms with Crippen LogP contribution in [0.4, 0.5) is 5.69 Å². The van der Waals surface area contributed by atoms with Gasteiger partial charge in [-0.15, -0.1) is 11.8 Å². The zero-order valence-corrected chi connectivity index (χ0v) is 16.5. The van der Waals surface area contributed by atoms with Crippen LogP contribution >= 0.6 is 11.8 Å². The van der Waals surface area contributed by atoms with Gasteiger partial charge in [-0.25, -0.2) is 0 Å². The molecule has 1 heterocycles. The Bertz CT molecular complexity index is 700. The first-order valence-electron chi connectivity index (χ1n) is 9.38. The van der Waals surface area contributed by atoms with Crippen LogP contribution in [0.15, 0.2) is 29.2 Å². The van der Waals surface area contributed by atoms with Gasteiger partial charge in [0, 0.05) is 10.6 Å². The smallest absolute Gasteiger partial charge is 0.323 e. The van der Waals surface area contributed by atoms with E-state index in [9.17, 15) is 24.6 Å². The first-order chi connectivity index (χ1) is 13.4. The fraction of sp³-hybridized carbons (Fsp3) is 0.526.